The van der Waals surface area contributed by atoms with Gasteiger partial charge in [0.15, 0.2) is 0 Å². The number of imide groups is 1. The zero-order valence-corrected chi connectivity index (χ0v) is 14.2. The molecular formula is C19H22N2O3. The summed E-state index contributed by atoms with van der Waals surface area (Å²) in [6.07, 6.45) is 5.04. The molecule has 1 saturated heterocycles. The van der Waals surface area contributed by atoms with Gasteiger partial charge < -0.3 is 5.32 Å². The van der Waals surface area contributed by atoms with Gasteiger partial charge in [-0.15, -0.1) is 0 Å². The van der Waals surface area contributed by atoms with Crippen molar-refractivity contribution in [3.05, 3.63) is 41.5 Å². The molecule has 24 heavy (non-hydrogen) atoms. The molecule has 0 spiro atoms. The molecule has 0 bridgehead atoms. The Bertz CT molecular complexity index is 712. The number of allylic oxidation sites excluding steroid dienone is 2. The van der Waals surface area contributed by atoms with E-state index in [1.807, 2.05) is 44.2 Å². The van der Waals surface area contributed by atoms with Crippen molar-refractivity contribution >= 4 is 23.4 Å². The lowest BCUT2D eigenvalue weighted by atomic mass is 9.85. The molecule has 1 aliphatic carbocycles. The number of benzene rings is 1. The molecule has 126 valence electrons. The number of anilines is 1. The number of rotatable bonds is 3. The van der Waals surface area contributed by atoms with Gasteiger partial charge in [-0.1, -0.05) is 24.3 Å². The zero-order chi connectivity index (χ0) is 17.4. The molecule has 3 atom stereocenters. The Morgan fingerprint density at radius 3 is 2.29 bits per heavy atom. The second-order valence-electron chi connectivity index (χ2n) is 6.61. The smallest absolute Gasteiger partial charge is 0.247 e. The van der Waals surface area contributed by atoms with Crippen molar-refractivity contribution in [2.75, 3.05) is 5.32 Å². The quantitative estimate of drug-likeness (QED) is 0.686. The molecular weight excluding hydrogens is 304 g/mol. The predicted octanol–water partition coefficient (Wildman–Crippen LogP) is 2.58. The van der Waals surface area contributed by atoms with E-state index in [0.717, 1.165) is 16.0 Å². The monoisotopic (exact) mass is 326 g/mol. The second kappa shape index (κ2) is 6.23. The van der Waals surface area contributed by atoms with Crippen molar-refractivity contribution in [2.24, 2.45) is 11.8 Å². The first-order chi connectivity index (χ1) is 11.4. The van der Waals surface area contributed by atoms with Crippen LogP contribution in [-0.2, 0) is 14.4 Å². The maximum Gasteiger partial charge on any atom is 0.247 e. The van der Waals surface area contributed by atoms with Gasteiger partial charge in [-0.2, -0.15) is 0 Å². The highest BCUT2D eigenvalue weighted by Gasteiger charge is 2.50. The number of hydrogen-bond acceptors (Lipinski definition) is 3. The lowest BCUT2D eigenvalue weighted by Gasteiger charge is -2.23. The summed E-state index contributed by atoms with van der Waals surface area (Å²) in [5.41, 5.74) is 2.77. The molecule has 0 saturated carbocycles. The molecule has 3 amide bonds. The molecule has 5 nitrogen and oxygen atoms in total. The Hall–Kier alpha value is -2.43. The largest absolute Gasteiger partial charge is 0.324 e. The van der Waals surface area contributed by atoms with Crippen molar-refractivity contribution in [1.29, 1.82) is 0 Å². The van der Waals surface area contributed by atoms with Crippen LogP contribution in [0.2, 0.25) is 0 Å². The SMILES string of the molecule is Cc1cccc(NC(=O)[C@H](C)N2C(=O)[C@H]3CC=CC[C@H]3C2=O)c1C. The first-order valence-electron chi connectivity index (χ1n) is 8.30. The first kappa shape index (κ1) is 16.4. The van der Waals surface area contributed by atoms with Crippen LogP contribution in [-0.4, -0.2) is 28.7 Å². The van der Waals surface area contributed by atoms with E-state index in [9.17, 15) is 14.4 Å². The van der Waals surface area contributed by atoms with Gasteiger partial charge in [0.2, 0.25) is 17.7 Å². The van der Waals surface area contributed by atoms with Gasteiger partial charge in [-0.3, -0.25) is 19.3 Å². The molecule has 0 aromatic heterocycles. The number of nitrogens with one attached hydrogen (secondary N) is 1. The van der Waals surface area contributed by atoms with E-state index in [0.29, 0.717) is 18.5 Å². The lowest BCUT2D eigenvalue weighted by Crippen LogP contribution is -2.46. The first-order valence-corrected chi connectivity index (χ1v) is 8.30. The fraction of sp³-hybridized carbons (Fsp3) is 0.421. The van der Waals surface area contributed by atoms with E-state index in [1.165, 1.54) is 0 Å². The van der Waals surface area contributed by atoms with Crippen LogP contribution in [0.15, 0.2) is 30.4 Å². The fourth-order valence-corrected chi connectivity index (χ4v) is 3.45. The van der Waals surface area contributed by atoms with Crippen LogP contribution < -0.4 is 5.32 Å². The average Bonchev–Trinajstić information content (AvgIpc) is 2.83. The topological polar surface area (TPSA) is 66.5 Å². The molecule has 1 fully saturated rings. The van der Waals surface area contributed by atoms with Gasteiger partial charge in [0, 0.05) is 5.69 Å². The summed E-state index contributed by atoms with van der Waals surface area (Å²) in [5, 5.41) is 2.85. The molecule has 1 heterocycles. The van der Waals surface area contributed by atoms with Gasteiger partial charge in [0.25, 0.3) is 0 Å². The highest BCUT2D eigenvalue weighted by Crippen LogP contribution is 2.36. The van der Waals surface area contributed by atoms with Crippen molar-refractivity contribution in [3.63, 3.8) is 0 Å². The van der Waals surface area contributed by atoms with E-state index < -0.39 is 6.04 Å². The van der Waals surface area contributed by atoms with Gasteiger partial charge in [0.1, 0.15) is 6.04 Å². The maximum atomic E-state index is 12.6. The highest BCUT2D eigenvalue weighted by atomic mass is 16.2. The van der Waals surface area contributed by atoms with Crippen LogP contribution in [0.4, 0.5) is 5.69 Å². The standard InChI is InChI=1S/C19H22N2O3/c1-11-7-6-10-16(12(11)2)20-17(22)13(3)21-18(23)14-8-4-5-9-15(14)19(21)24/h4-7,10,13-15H,8-9H2,1-3H3,(H,20,22)/t13-,14-,15+/m0/s1. The van der Waals surface area contributed by atoms with Crippen molar-refractivity contribution in [3.8, 4) is 0 Å². The van der Waals surface area contributed by atoms with Gasteiger partial charge in [-0.25, -0.2) is 0 Å². The zero-order valence-electron chi connectivity index (χ0n) is 14.2. The number of carbonyl (C=O) groups excluding carboxylic acids is 3. The molecule has 0 unspecified atom stereocenters. The van der Waals surface area contributed by atoms with Gasteiger partial charge >= 0.3 is 0 Å². The summed E-state index contributed by atoms with van der Waals surface area (Å²) in [7, 11) is 0. The summed E-state index contributed by atoms with van der Waals surface area (Å²) >= 11 is 0. The van der Waals surface area contributed by atoms with Crippen LogP contribution in [0, 0.1) is 25.7 Å². The second-order valence-corrected chi connectivity index (χ2v) is 6.61. The van der Waals surface area contributed by atoms with Crippen molar-refractivity contribution < 1.29 is 14.4 Å². The minimum absolute atomic E-state index is 0.224. The number of hydrogen-bond donors (Lipinski definition) is 1. The van der Waals surface area contributed by atoms with Crippen LogP contribution in [0.3, 0.4) is 0 Å². The third-order valence-corrected chi connectivity index (χ3v) is 5.17. The summed E-state index contributed by atoms with van der Waals surface area (Å²) in [6.45, 7) is 5.52. The molecule has 0 radical (unpaired) electrons. The third-order valence-electron chi connectivity index (χ3n) is 5.17. The van der Waals surface area contributed by atoms with Crippen LogP contribution in [0.25, 0.3) is 0 Å². The summed E-state index contributed by atoms with van der Waals surface area (Å²) in [5.74, 6) is -1.40. The highest BCUT2D eigenvalue weighted by molar-refractivity contribution is 6.10. The molecule has 1 aromatic carbocycles. The Kier molecular flexibility index (Phi) is 4.26. The molecule has 3 rings (SSSR count). The maximum absolute atomic E-state index is 12.6. The third kappa shape index (κ3) is 2.64. The Balaban J connectivity index is 1.77. The summed E-state index contributed by atoms with van der Waals surface area (Å²) < 4.78 is 0. The fourth-order valence-electron chi connectivity index (χ4n) is 3.45. The van der Waals surface area contributed by atoms with E-state index in [1.54, 1.807) is 6.92 Å². The normalized spacial score (nSPS) is 24.0. The molecule has 2 aliphatic rings. The Morgan fingerprint density at radius 2 is 1.71 bits per heavy atom. The number of aryl methyl sites for hydroxylation is 1. The van der Waals surface area contributed by atoms with Gasteiger partial charge in [0.05, 0.1) is 11.8 Å². The van der Waals surface area contributed by atoms with E-state index in [4.69, 9.17) is 0 Å². The lowest BCUT2D eigenvalue weighted by molar-refractivity contribution is -0.146. The van der Waals surface area contributed by atoms with Crippen molar-refractivity contribution in [1.82, 2.24) is 4.90 Å². The van der Waals surface area contributed by atoms with Gasteiger partial charge in [-0.05, 0) is 50.8 Å². The summed E-state index contributed by atoms with van der Waals surface area (Å²) in [6, 6.07) is 4.86. The number of nitrogens with zero attached hydrogens (tertiary/aromatic N) is 1. The Morgan fingerprint density at radius 1 is 1.12 bits per heavy atom. The predicted molar refractivity (Wildman–Crippen MR) is 91.2 cm³/mol. The van der Waals surface area contributed by atoms with Crippen LogP contribution >= 0.6 is 0 Å². The minimum Gasteiger partial charge on any atom is -0.324 e. The number of fused-ring (bicyclic) bond motifs is 1. The van der Waals surface area contributed by atoms with E-state index in [-0.39, 0.29) is 29.6 Å². The van der Waals surface area contributed by atoms with Crippen molar-refractivity contribution in [2.45, 2.75) is 39.7 Å². The van der Waals surface area contributed by atoms with Crippen LogP contribution in [0.5, 0.6) is 0 Å². The van der Waals surface area contributed by atoms with E-state index >= 15 is 0 Å². The Labute approximate surface area is 141 Å². The average molecular weight is 326 g/mol. The molecule has 5 heteroatoms. The summed E-state index contributed by atoms with van der Waals surface area (Å²) in [4.78, 5) is 38.9. The molecule has 1 aromatic rings. The van der Waals surface area contributed by atoms with E-state index in [2.05, 4.69) is 5.32 Å². The van der Waals surface area contributed by atoms with Crippen LogP contribution in [0.1, 0.15) is 30.9 Å². The minimum atomic E-state index is -0.810. The number of amides is 3. The number of carbonyl (C=O) groups is 3. The number of likely N-dealkylation sites (tertiary alicyclic amines) is 1. The molecule has 1 N–H and O–H groups in total. The molecule has 1 aliphatic heterocycles.